The van der Waals surface area contributed by atoms with Crippen molar-refractivity contribution in [3.63, 3.8) is 0 Å². The highest BCUT2D eigenvalue weighted by molar-refractivity contribution is 6.60. The van der Waals surface area contributed by atoms with E-state index in [2.05, 4.69) is 19.2 Å². The molecule has 5 heteroatoms. The summed E-state index contributed by atoms with van der Waals surface area (Å²) in [4.78, 5) is 0. The summed E-state index contributed by atoms with van der Waals surface area (Å²) in [5.74, 6) is 0.503. The van der Waals surface area contributed by atoms with E-state index in [1.807, 2.05) is 6.92 Å². The van der Waals surface area contributed by atoms with Gasteiger partial charge in [0.05, 0.1) is 0 Å². The van der Waals surface area contributed by atoms with Gasteiger partial charge in [0.2, 0.25) is 0 Å². The highest BCUT2D eigenvalue weighted by Crippen LogP contribution is 2.19. The van der Waals surface area contributed by atoms with Gasteiger partial charge < -0.3 is 18.6 Å². The fourth-order valence-electron chi connectivity index (χ4n) is 1.54. The molecule has 0 aromatic heterocycles. The third-order valence-electron chi connectivity index (χ3n) is 2.33. The summed E-state index contributed by atoms with van der Waals surface area (Å²) in [5, 5.41) is 3.32. The second-order valence-corrected chi connectivity index (χ2v) is 6.52. The molecule has 0 heterocycles. The molecule has 1 unspecified atom stereocenters. The SMILES string of the molecule is CCNCC(C)C[Si](OC)(OC)OCC. The van der Waals surface area contributed by atoms with E-state index in [1.54, 1.807) is 14.2 Å². The molecule has 0 aliphatic carbocycles. The smallest absolute Gasteiger partial charge is 0.377 e. The van der Waals surface area contributed by atoms with Gasteiger partial charge in [-0.1, -0.05) is 13.8 Å². The van der Waals surface area contributed by atoms with Crippen molar-refractivity contribution in [3.8, 4) is 0 Å². The van der Waals surface area contributed by atoms with E-state index in [0.29, 0.717) is 12.5 Å². The van der Waals surface area contributed by atoms with E-state index >= 15 is 0 Å². The molecule has 0 radical (unpaired) electrons. The number of nitrogens with one attached hydrogen (secondary N) is 1. The number of hydrogen-bond acceptors (Lipinski definition) is 4. The van der Waals surface area contributed by atoms with Crippen LogP contribution in [0, 0.1) is 5.92 Å². The standard InChI is InChI=1S/C10H25NO3Si/c1-6-11-8-10(3)9-15(12-4,13-5)14-7-2/h10-11H,6-9H2,1-5H3. The van der Waals surface area contributed by atoms with Crippen LogP contribution in [0.3, 0.4) is 0 Å². The van der Waals surface area contributed by atoms with Crippen LogP contribution in [0.1, 0.15) is 20.8 Å². The van der Waals surface area contributed by atoms with Gasteiger partial charge in [0.1, 0.15) is 0 Å². The molecule has 0 rings (SSSR count). The van der Waals surface area contributed by atoms with E-state index in [1.165, 1.54) is 0 Å². The first-order valence-corrected chi connectivity index (χ1v) is 7.52. The molecular weight excluding hydrogens is 210 g/mol. The topological polar surface area (TPSA) is 39.7 Å². The minimum absolute atomic E-state index is 0.503. The van der Waals surface area contributed by atoms with E-state index in [-0.39, 0.29) is 0 Å². The fraction of sp³-hybridized carbons (Fsp3) is 1.00. The van der Waals surface area contributed by atoms with Crippen molar-refractivity contribution in [2.75, 3.05) is 33.9 Å². The molecule has 0 amide bonds. The molecule has 0 bridgehead atoms. The van der Waals surface area contributed by atoms with Crippen LogP contribution in [0.15, 0.2) is 0 Å². The Morgan fingerprint density at radius 2 is 1.80 bits per heavy atom. The summed E-state index contributed by atoms with van der Waals surface area (Å²) in [6, 6.07) is 0.862. The molecule has 0 aliphatic rings. The zero-order chi connectivity index (χ0) is 11.7. The Hall–Kier alpha value is 0.0569. The first-order chi connectivity index (χ1) is 7.14. The molecule has 0 fully saturated rings. The lowest BCUT2D eigenvalue weighted by molar-refractivity contribution is 0.0994. The molecule has 0 aromatic carbocycles. The molecular formula is C10H25NO3Si. The van der Waals surface area contributed by atoms with Crippen LogP contribution in [-0.2, 0) is 13.3 Å². The second-order valence-electron chi connectivity index (χ2n) is 3.64. The van der Waals surface area contributed by atoms with Gasteiger partial charge >= 0.3 is 8.80 Å². The summed E-state index contributed by atoms with van der Waals surface area (Å²) in [7, 11) is 0.947. The zero-order valence-electron chi connectivity index (χ0n) is 10.6. The maximum absolute atomic E-state index is 5.65. The summed E-state index contributed by atoms with van der Waals surface area (Å²) >= 11 is 0. The van der Waals surface area contributed by atoms with Crippen LogP contribution in [0.5, 0.6) is 0 Å². The quantitative estimate of drug-likeness (QED) is 0.615. The van der Waals surface area contributed by atoms with Crippen LogP contribution >= 0.6 is 0 Å². The van der Waals surface area contributed by atoms with Crippen molar-refractivity contribution in [2.45, 2.75) is 26.8 Å². The zero-order valence-corrected chi connectivity index (χ0v) is 11.6. The maximum Gasteiger partial charge on any atom is 0.500 e. The van der Waals surface area contributed by atoms with E-state index in [0.717, 1.165) is 19.1 Å². The molecule has 0 aromatic rings. The lowest BCUT2D eigenvalue weighted by Crippen LogP contribution is -2.46. The normalized spacial score (nSPS) is 14.2. The number of rotatable bonds is 9. The molecule has 15 heavy (non-hydrogen) atoms. The Kier molecular flexibility index (Phi) is 8.27. The third kappa shape index (κ3) is 5.63. The predicted octanol–water partition coefficient (Wildman–Crippen LogP) is 1.50. The lowest BCUT2D eigenvalue weighted by Gasteiger charge is -2.28. The highest BCUT2D eigenvalue weighted by Gasteiger charge is 2.39. The van der Waals surface area contributed by atoms with Crippen molar-refractivity contribution in [1.82, 2.24) is 5.32 Å². The van der Waals surface area contributed by atoms with Gasteiger partial charge in [-0.05, 0) is 25.9 Å². The molecule has 92 valence electrons. The van der Waals surface area contributed by atoms with Crippen molar-refractivity contribution in [1.29, 1.82) is 0 Å². The van der Waals surface area contributed by atoms with Crippen LogP contribution in [0.25, 0.3) is 0 Å². The van der Waals surface area contributed by atoms with E-state index < -0.39 is 8.80 Å². The van der Waals surface area contributed by atoms with Crippen molar-refractivity contribution in [2.24, 2.45) is 5.92 Å². The average molecular weight is 235 g/mol. The summed E-state index contributed by atoms with van der Waals surface area (Å²) in [6.07, 6.45) is 0. The highest BCUT2D eigenvalue weighted by atomic mass is 28.4. The molecule has 0 spiro atoms. The monoisotopic (exact) mass is 235 g/mol. The number of hydrogen-bond donors (Lipinski definition) is 1. The van der Waals surface area contributed by atoms with Gasteiger partial charge in [-0.25, -0.2) is 0 Å². The average Bonchev–Trinajstić information content (AvgIpc) is 2.25. The third-order valence-corrected chi connectivity index (χ3v) is 5.50. The molecule has 4 nitrogen and oxygen atoms in total. The van der Waals surface area contributed by atoms with Crippen LogP contribution in [0.2, 0.25) is 6.04 Å². The van der Waals surface area contributed by atoms with E-state index in [4.69, 9.17) is 13.3 Å². The summed E-state index contributed by atoms with van der Waals surface area (Å²) in [5.41, 5.74) is 0. The predicted molar refractivity (Wildman–Crippen MR) is 63.9 cm³/mol. The van der Waals surface area contributed by atoms with Crippen LogP contribution in [0.4, 0.5) is 0 Å². The molecule has 1 N–H and O–H groups in total. The largest absolute Gasteiger partial charge is 0.500 e. The van der Waals surface area contributed by atoms with Gasteiger partial charge in [-0.2, -0.15) is 0 Å². The fourth-order valence-corrected chi connectivity index (χ4v) is 3.83. The first-order valence-electron chi connectivity index (χ1n) is 5.59. The minimum atomic E-state index is -2.40. The molecule has 0 saturated carbocycles. The first kappa shape index (κ1) is 15.1. The van der Waals surface area contributed by atoms with Gasteiger partial charge in [0.25, 0.3) is 0 Å². The van der Waals surface area contributed by atoms with Crippen LogP contribution < -0.4 is 5.32 Å². The minimum Gasteiger partial charge on any atom is -0.377 e. The van der Waals surface area contributed by atoms with Gasteiger partial charge in [-0.3, -0.25) is 0 Å². The van der Waals surface area contributed by atoms with Gasteiger partial charge in [-0.15, -0.1) is 0 Å². The lowest BCUT2D eigenvalue weighted by atomic mass is 10.2. The van der Waals surface area contributed by atoms with E-state index in [9.17, 15) is 0 Å². The molecule has 0 aliphatic heterocycles. The summed E-state index contributed by atoms with van der Waals surface area (Å²) < 4.78 is 16.5. The molecule has 0 saturated heterocycles. The Morgan fingerprint density at radius 3 is 2.20 bits per heavy atom. The van der Waals surface area contributed by atoms with Crippen molar-refractivity contribution >= 4 is 8.80 Å². The Balaban J connectivity index is 4.13. The Labute approximate surface area is 94.7 Å². The van der Waals surface area contributed by atoms with Gasteiger partial charge in [0, 0.05) is 26.9 Å². The van der Waals surface area contributed by atoms with Crippen LogP contribution in [-0.4, -0.2) is 42.7 Å². The second kappa shape index (κ2) is 8.24. The van der Waals surface area contributed by atoms with Gasteiger partial charge in [0.15, 0.2) is 0 Å². The van der Waals surface area contributed by atoms with Crippen molar-refractivity contribution in [3.05, 3.63) is 0 Å². The molecule has 1 atom stereocenters. The Bertz CT molecular complexity index is 154. The summed E-state index contributed by atoms with van der Waals surface area (Å²) in [6.45, 7) is 8.86. The Morgan fingerprint density at radius 1 is 1.20 bits per heavy atom. The van der Waals surface area contributed by atoms with Crippen molar-refractivity contribution < 1.29 is 13.3 Å². The maximum atomic E-state index is 5.65.